The molecular formula is C16H17BrN4. The molecule has 0 aliphatic heterocycles. The Hall–Kier alpha value is -1.72. The van der Waals surface area contributed by atoms with Gasteiger partial charge in [-0.2, -0.15) is 0 Å². The number of nitrogens with zero attached hydrogens (tertiary/aromatic N) is 3. The second kappa shape index (κ2) is 5.95. The summed E-state index contributed by atoms with van der Waals surface area (Å²) in [5, 5.41) is 11.9. The van der Waals surface area contributed by atoms with E-state index in [9.17, 15) is 0 Å². The molecule has 0 atom stereocenters. The number of para-hydroxylation sites is 1. The Morgan fingerprint density at radius 2 is 2.00 bits per heavy atom. The molecule has 5 heteroatoms. The average molecular weight is 345 g/mol. The second-order valence-electron chi connectivity index (χ2n) is 5.30. The summed E-state index contributed by atoms with van der Waals surface area (Å²) in [6.07, 6.45) is 0. The topological polar surface area (TPSA) is 42.7 Å². The lowest BCUT2D eigenvalue weighted by atomic mass is 10.2. The summed E-state index contributed by atoms with van der Waals surface area (Å²) in [4.78, 5) is 0. The predicted octanol–water partition coefficient (Wildman–Crippen LogP) is 3.68. The summed E-state index contributed by atoms with van der Waals surface area (Å²) in [6.45, 7) is 5.13. The van der Waals surface area contributed by atoms with Gasteiger partial charge in [0.1, 0.15) is 5.52 Å². The van der Waals surface area contributed by atoms with Crippen LogP contribution in [0.2, 0.25) is 0 Å². The summed E-state index contributed by atoms with van der Waals surface area (Å²) < 4.78 is 2.94. The lowest BCUT2D eigenvalue weighted by Crippen LogP contribution is -2.22. The van der Waals surface area contributed by atoms with Gasteiger partial charge in [0, 0.05) is 17.1 Å². The molecule has 3 rings (SSSR count). The maximum absolute atomic E-state index is 4.24. The zero-order chi connectivity index (χ0) is 14.8. The van der Waals surface area contributed by atoms with Gasteiger partial charge in [0.2, 0.25) is 0 Å². The average Bonchev–Trinajstić information content (AvgIpc) is 2.89. The van der Waals surface area contributed by atoms with Crippen LogP contribution in [-0.2, 0) is 6.54 Å². The third kappa shape index (κ3) is 2.99. The molecule has 0 spiro atoms. The first-order valence-corrected chi connectivity index (χ1v) is 7.77. The summed E-state index contributed by atoms with van der Waals surface area (Å²) >= 11 is 3.65. The molecule has 1 N–H and O–H groups in total. The molecule has 0 amide bonds. The number of hydrogen-bond donors (Lipinski definition) is 1. The van der Waals surface area contributed by atoms with Crippen molar-refractivity contribution >= 4 is 27.0 Å². The van der Waals surface area contributed by atoms with E-state index in [2.05, 4.69) is 63.6 Å². The summed E-state index contributed by atoms with van der Waals surface area (Å²) in [5.74, 6) is 0. The van der Waals surface area contributed by atoms with E-state index in [1.165, 1.54) is 5.56 Å². The van der Waals surface area contributed by atoms with E-state index in [-0.39, 0.29) is 0 Å². The highest BCUT2D eigenvalue weighted by atomic mass is 79.9. The number of aromatic nitrogens is 3. The fourth-order valence-corrected chi connectivity index (χ4v) is 2.69. The Balaban J connectivity index is 1.95. The zero-order valence-electron chi connectivity index (χ0n) is 12.0. The molecule has 3 aromatic rings. The van der Waals surface area contributed by atoms with Gasteiger partial charge in [0.05, 0.1) is 11.2 Å². The fourth-order valence-electron chi connectivity index (χ4n) is 2.19. The molecule has 0 aliphatic rings. The lowest BCUT2D eigenvalue weighted by Gasteiger charge is -2.11. The maximum atomic E-state index is 4.24. The van der Waals surface area contributed by atoms with E-state index in [0.717, 1.165) is 27.7 Å². The van der Waals surface area contributed by atoms with Crippen LogP contribution in [0.4, 0.5) is 0 Å². The smallest absolute Gasteiger partial charge is 0.113 e. The van der Waals surface area contributed by atoms with Crippen LogP contribution in [0, 0.1) is 0 Å². The van der Waals surface area contributed by atoms with Gasteiger partial charge in [-0.25, -0.2) is 4.68 Å². The highest BCUT2D eigenvalue weighted by Gasteiger charge is 2.08. The van der Waals surface area contributed by atoms with Crippen molar-refractivity contribution in [3.05, 3.63) is 52.5 Å². The largest absolute Gasteiger partial charge is 0.310 e. The Bertz CT molecular complexity index is 764. The molecule has 21 heavy (non-hydrogen) atoms. The van der Waals surface area contributed by atoms with Crippen LogP contribution >= 0.6 is 15.9 Å². The minimum Gasteiger partial charge on any atom is -0.310 e. The zero-order valence-corrected chi connectivity index (χ0v) is 13.6. The quantitative estimate of drug-likeness (QED) is 0.784. The van der Waals surface area contributed by atoms with Crippen molar-refractivity contribution < 1.29 is 0 Å². The molecule has 2 aromatic carbocycles. The van der Waals surface area contributed by atoms with Gasteiger partial charge in [-0.05, 0) is 29.8 Å². The minimum atomic E-state index is 0.468. The van der Waals surface area contributed by atoms with Crippen molar-refractivity contribution in [2.75, 3.05) is 0 Å². The molecule has 108 valence electrons. The van der Waals surface area contributed by atoms with Gasteiger partial charge < -0.3 is 5.32 Å². The summed E-state index contributed by atoms with van der Waals surface area (Å²) in [7, 11) is 0. The maximum Gasteiger partial charge on any atom is 0.113 e. The number of rotatable bonds is 4. The third-order valence-corrected chi connectivity index (χ3v) is 4.07. The van der Waals surface area contributed by atoms with E-state index in [1.807, 2.05) is 28.9 Å². The van der Waals surface area contributed by atoms with E-state index < -0.39 is 0 Å². The van der Waals surface area contributed by atoms with Crippen LogP contribution in [0.1, 0.15) is 19.4 Å². The van der Waals surface area contributed by atoms with Crippen molar-refractivity contribution in [2.24, 2.45) is 0 Å². The van der Waals surface area contributed by atoms with Crippen molar-refractivity contribution in [3.63, 3.8) is 0 Å². The number of halogens is 1. The molecule has 1 aromatic heterocycles. The van der Waals surface area contributed by atoms with E-state index >= 15 is 0 Å². The van der Waals surface area contributed by atoms with E-state index in [4.69, 9.17) is 0 Å². The summed E-state index contributed by atoms with van der Waals surface area (Å²) in [5.41, 5.74) is 4.15. The van der Waals surface area contributed by atoms with Crippen LogP contribution in [0.25, 0.3) is 16.7 Å². The minimum absolute atomic E-state index is 0.468. The van der Waals surface area contributed by atoms with Gasteiger partial charge in [-0.1, -0.05) is 53.2 Å². The molecule has 0 saturated carbocycles. The van der Waals surface area contributed by atoms with Gasteiger partial charge in [-0.15, -0.1) is 5.10 Å². The van der Waals surface area contributed by atoms with E-state index in [1.54, 1.807) is 0 Å². The number of benzene rings is 2. The van der Waals surface area contributed by atoms with Gasteiger partial charge in [-0.3, -0.25) is 0 Å². The molecular weight excluding hydrogens is 328 g/mol. The Morgan fingerprint density at radius 1 is 1.19 bits per heavy atom. The molecule has 4 nitrogen and oxygen atoms in total. The Morgan fingerprint density at radius 3 is 2.76 bits per heavy atom. The van der Waals surface area contributed by atoms with Gasteiger partial charge in [0.25, 0.3) is 0 Å². The van der Waals surface area contributed by atoms with E-state index in [0.29, 0.717) is 6.04 Å². The standard InChI is InChI=1S/C16H17BrN4/c1-11(2)18-10-12-7-8-13(9-14(12)17)21-16-6-4-3-5-15(16)19-20-21/h3-9,11,18H,10H2,1-2H3. The molecule has 0 saturated heterocycles. The molecule has 1 heterocycles. The molecule has 0 fully saturated rings. The van der Waals surface area contributed by atoms with Gasteiger partial charge in [0.15, 0.2) is 0 Å². The molecule has 0 unspecified atom stereocenters. The molecule has 0 radical (unpaired) electrons. The predicted molar refractivity (Wildman–Crippen MR) is 88.5 cm³/mol. The summed E-state index contributed by atoms with van der Waals surface area (Å²) in [6, 6.07) is 14.7. The van der Waals surface area contributed by atoms with Crippen molar-refractivity contribution in [1.29, 1.82) is 0 Å². The van der Waals surface area contributed by atoms with Crippen molar-refractivity contribution in [3.8, 4) is 5.69 Å². The number of fused-ring (bicyclic) bond motifs is 1. The number of hydrogen-bond acceptors (Lipinski definition) is 3. The first-order valence-electron chi connectivity index (χ1n) is 6.98. The van der Waals surface area contributed by atoms with Gasteiger partial charge >= 0.3 is 0 Å². The number of nitrogens with one attached hydrogen (secondary N) is 1. The monoisotopic (exact) mass is 344 g/mol. The highest BCUT2D eigenvalue weighted by Crippen LogP contribution is 2.23. The first kappa shape index (κ1) is 14.2. The van der Waals surface area contributed by atoms with Crippen LogP contribution < -0.4 is 5.32 Å². The first-order chi connectivity index (χ1) is 10.1. The fraction of sp³-hybridized carbons (Fsp3) is 0.250. The molecule has 0 bridgehead atoms. The highest BCUT2D eigenvalue weighted by molar-refractivity contribution is 9.10. The van der Waals surface area contributed by atoms with Crippen molar-refractivity contribution in [2.45, 2.75) is 26.4 Å². The molecule has 0 aliphatic carbocycles. The van der Waals surface area contributed by atoms with Crippen LogP contribution in [-0.4, -0.2) is 21.0 Å². The lowest BCUT2D eigenvalue weighted by molar-refractivity contribution is 0.588. The normalized spacial score (nSPS) is 11.4. The van der Waals surface area contributed by atoms with Crippen LogP contribution in [0.5, 0.6) is 0 Å². The third-order valence-electron chi connectivity index (χ3n) is 3.33. The Labute approximate surface area is 132 Å². The van der Waals surface area contributed by atoms with Crippen LogP contribution in [0.3, 0.4) is 0 Å². The Kier molecular flexibility index (Phi) is 4.03. The SMILES string of the molecule is CC(C)NCc1ccc(-n2nnc3ccccc32)cc1Br. The second-order valence-corrected chi connectivity index (χ2v) is 6.16. The van der Waals surface area contributed by atoms with Crippen molar-refractivity contribution in [1.82, 2.24) is 20.3 Å². The van der Waals surface area contributed by atoms with Crippen LogP contribution in [0.15, 0.2) is 46.9 Å².